The number of thiocarbonyl (C=S) groups is 1. The van der Waals surface area contributed by atoms with Gasteiger partial charge in [0.25, 0.3) is 0 Å². The van der Waals surface area contributed by atoms with Crippen molar-refractivity contribution in [2.24, 2.45) is 0 Å². The molecule has 2 atom stereocenters. The molecule has 4 aromatic rings. The van der Waals surface area contributed by atoms with Crippen LogP contribution in [0.15, 0.2) is 89.6 Å². The Morgan fingerprint density at radius 3 is 2.42 bits per heavy atom. The Morgan fingerprint density at radius 2 is 1.71 bits per heavy atom. The zero-order chi connectivity index (χ0) is 21.2. The summed E-state index contributed by atoms with van der Waals surface area (Å²) in [6.07, 6.45) is 3.58. The van der Waals surface area contributed by atoms with Crippen molar-refractivity contribution in [3.05, 3.63) is 107 Å². The van der Waals surface area contributed by atoms with Gasteiger partial charge in [-0.2, -0.15) is 0 Å². The Kier molecular flexibility index (Phi) is 5.40. The van der Waals surface area contributed by atoms with E-state index in [1.807, 2.05) is 72.8 Å². The molecule has 1 aliphatic heterocycles. The van der Waals surface area contributed by atoms with Crippen LogP contribution in [0.3, 0.4) is 0 Å². The van der Waals surface area contributed by atoms with E-state index in [4.69, 9.17) is 28.2 Å². The van der Waals surface area contributed by atoms with E-state index in [0.717, 1.165) is 28.5 Å². The van der Waals surface area contributed by atoms with Crippen molar-refractivity contribution >= 4 is 28.9 Å². The molecule has 1 saturated heterocycles. The molecular weight excluding hydrogens is 428 g/mol. The number of pyridine rings is 2. The third-order valence-electron chi connectivity index (χ3n) is 5.30. The molecule has 154 valence electrons. The second-order valence-corrected chi connectivity index (χ2v) is 8.11. The highest BCUT2D eigenvalue weighted by molar-refractivity contribution is 7.80. The van der Waals surface area contributed by atoms with Crippen molar-refractivity contribution in [3.63, 3.8) is 0 Å². The standard InChI is InChI=1S/C24H19ClN4OS/c25-17-9-7-16(8-10-17)20-11-12-21(30-20)23-22(19-6-2-4-14-27-19)28-24(31)29(23)15-18-5-1-3-13-26-18/h1-14,22-23H,15H2,(H,28,31). The molecule has 2 unspecified atom stereocenters. The van der Waals surface area contributed by atoms with Crippen LogP contribution in [0.2, 0.25) is 5.02 Å². The van der Waals surface area contributed by atoms with E-state index in [0.29, 0.717) is 16.7 Å². The summed E-state index contributed by atoms with van der Waals surface area (Å²) in [7, 11) is 0. The first kappa shape index (κ1) is 19.7. The molecule has 4 heterocycles. The van der Waals surface area contributed by atoms with Crippen LogP contribution in [0.5, 0.6) is 0 Å². The molecule has 31 heavy (non-hydrogen) atoms. The fraction of sp³-hybridized carbons (Fsp3) is 0.125. The molecule has 5 nitrogen and oxygen atoms in total. The van der Waals surface area contributed by atoms with Crippen molar-refractivity contribution in [1.82, 2.24) is 20.2 Å². The molecule has 1 aliphatic rings. The lowest BCUT2D eigenvalue weighted by atomic mass is 10.0. The summed E-state index contributed by atoms with van der Waals surface area (Å²) in [5.41, 5.74) is 2.81. The van der Waals surface area contributed by atoms with Gasteiger partial charge in [0.2, 0.25) is 0 Å². The second-order valence-electron chi connectivity index (χ2n) is 7.28. The maximum absolute atomic E-state index is 6.33. The van der Waals surface area contributed by atoms with E-state index >= 15 is 0 Å². The van der Waals surface area contributed by atoms with Crippen LogP contribution in [0.25, 0.3) is 11.3 Å². The maximum Gasteiger partial charge on any atom is 0.170 e. The monoisotopic (exact) mass is 446 g/mol. The minimum absolute atomic E-state index is 0.137. The molecule has 0 spiro atoms. The third-order valence-corrected chi connectivity index (χ3v) is 5.91. The van der Waals surface area contributed by atoms with E-state index in [1.54, 1.807) is 12.4 Å². The summed E-state index contributed by atoms with van der Waals surface area (Å²) in [6, 6.07) is 23.1. The highest BCUT2D eigenvalue weighted by Crippen LogP contribution is 2.41. The van der Waals surface area contributed by atoms with E-state index in [2.05, 4.69) is 20.2 Å². The number of hydrogen-bond donors (Lipinski definition) is 1. The van der Waals surface area contributed by atoms with Crippen LogP contribution in [-0.2, 0) is 6.54 Å². The predicted octanol–water partition coefficient (Wildman–Crippen LogP) is 5.56. The van der Waals surface area contributed by atoms with E-state index in [1.165, 1.54) is 0 Å². The van der Waals surface area contributed by atoms with Gasteiger partial charge >= 0.3 is 0 Å². The highest BCUT2D eigenvalue weighted by atomic mass is 35.5. The first-order valence-corrected chi connectivity index (χ1v) is 10.7. The van der Waals surface area contributed by atoms with Crippen LogP contribution in [0.4, 0.5) is 0 Å². The zero-order valence-electron chi connectivity index (χ0n) is 16.5. The summed E-state index contributed by atoms with van der Waals surface area (Å²) in [6.45, 7) is 0.567. The molecule has 0 bridgehead atoms. The first-order valence-electron chi connectivity index (χ1n) is 9.93. The van der Waals surface area contributed by atoms with Crippen molar-refractivity contribution in [3.8, 4) is 11.3 Å². The quantitative estimate of drug-likeness (QED) is 0.405. The fourth-order valence-electron chi connectivity index (χ4n) is 3.83. The third kappa shape index (κ3) is 4.04. The summed E-state index contributed by atoms with van der Waals surface area (Å²) >= 11 is 11.7. The summed E-state index contributed by atoms with van der Waals surface area (Å²) in [5.74, 6) is 1.59. The molecule has 7 heteroatoms. The summed E-state index contributed by atoms with van der Waals surface area (Å²) in [4.78, 5) is 11.2. The Bertz CT molecular complexity index is 1180. The van der Waals surface area contributed by atoms with Crippen molar-refractivity contribution in [1.29, 1.82) is 0 Å². The van der Waals surface area contributed by atoms with Crippen LogP contribution < -0.4 is 5.32 Å². The topological polar surface area (TPSA) is 54.2 Å². The first-order chi connectivity index (χ1) is 15.2. The highest BCUT2D eigenvalue weighted by Gasteiger charge is 2.41. The van der Waals surface area contributed by atoms with Crippen molar-refractivity contribution in [2.45, 2.75) is 18.6 Å². The lowest BCUT2D eigenvalue weighted by Crippen LogP contribution is -2.29. The minimum Gasteiger partial charge on any atom is -0.459 e. The van der Waals surface area contributed by atoms with Gasteiger partial charge < -0.3 is 14.6 Å². The van der Waals surface area contributed by atoms with Crippen molar-refractivity contribution < 1.29 is 4.42 Å². The molecule has 0 radical (unpaired) electrons. The minimum atomic E-state index is -0.162. The zero-order valence-corrected chi connectivity index (χ0v) is 18.1. The van der Waals surface area contributed by atoms with Gasteiger partial charge in [-0.25, -0.2) is 0 Å². The molecule has 0 saturated carbocycles. The Hall–Kier alpha value is -3.22. The second kappa shape index (κ2) is 8.49. The summed E-state index contributed by atoms with van der Waals surface area (Å²) in [5, 5.41) is 4.78. The summed E-state index contributed by atoms with van der Waals surface area (Å²) < 4.78 is 6.33. The van der Waals surface area contributed by atoms with Crippen LogP contribution in [-0.4, -0.2) is 20.0 Å². The van der Waals surface area contributed by atoms with Crippen LogP contribution in [0, 0.1) is 0 Å². The predicted molar refractivity (Wildman–Crippen MR) is 124 cm³/mol. The average Bonchev–Trinajstić information content (AvgIpc) is 3.41. The van der Waals surface area contributed by atoms with Gasteiger partial charge in [0.1, 0.15) is 17.6 Å². The molecule has 3 aromatic heterocycles. The van der Waals surface area contributed by atoms with Gasteiger partial charge in [0, 0.05) is 23.0 Å². The van der Waals surface area contributed by atoms with Gasteiger partial charge in [0.15, 0.2) is 5.11 Å². The van der Waals surface area contributed by atoms with Crippen molar-refractivity contribution in [2.75, 3.05) is 0 Å². The Balaban J connectivity index is 1.53. The number of rotatable bonds is 5. The molecule has 0 amide bonds. The van der Waals surface area contributed by atoms with Gasteiger partial charge in [-0.05, 0) is 72.9 Å². The number of furan rings is 1. The lowest BCUT2D eigenvalue weighted by Gasteiger charge is -2.25. The van der Waals surface area contributed by atoms with Crippen LogP contribution in [0.1, 0.15) is 29.2 Å². The van der Waals surface area contributed by atoms with Gasteiger partial charge in [-0.1, -0.05) is 23.7 Å². The normalized spacial score (nSPS) is 18.2. The number of benzene rings is 1. The van der Waals surface area contributed by atoms with E-state index in [-0.39, 0.29) is 12.1 Å². The maximum atomic E-state index is 6.33. The average molecular weight is 447 g/mol. The van der Waals surface area contributed by atoms with E-state index < -0.39 is 0 Å². The van der Waals surface area contributed by atoms with Gasteiger partial charge in [-0.3, -0.25) is 9.97 Å². The Labute approximate surface area is 190 Å². The number of halogens is 1. The molecule has 0 aliphatic carbocycles. The number of nitrogens with one attached hydrogen (secondary N) is 1. The smallest absolute Gasteiger partial charge is 0.170 e. The fourth-order valence-corrected chi connectivity index (χ4v) is 4.26. The number of hydrogen-bond acceptors (Lipinski definition) is 4. The lowest BCUT2D eigenvalue weighted by molar-refractivity contribution is 0.267. The SMILES string of the molecule is S=C1NC(c2ccccn2)C(c2ccc(-c3ccc(Cl)cc3)o2)N1Cc1ccccn1. The van der Waals surface area contributed by atoms with Crippen LogP contribution >= 0.6 is 23.8 Å². The number of aromatic nitrogens is 2. The molecule has 1 aromatic carbocycles. The van der Waals surface area contributed by atoms with Gasteiger partial charge in [-0.15, -0.1) is 0 Å². The number of nitrogens with zero attached hydrogens (tertiary/aromatic N) is 3. The molecule has 1 fully saturated rings. The molecule has 1 N–H and O–H groups in total. The Morgan fingerprint density at radius 1 is 0.935 bits per heavy atom. The largest absolute Gasteiger partial charge is 0.459 e. The molecule has 5 rings (SSSR count). The molecular formula is C24H19ClN4OS. The van der Waals surface area contributed by atoms with E-state index in [9.17, 15) is 0 Å². The van der Waals surface area contributed by atoms with Gasteiger partial charge in [0.05, 0.1) is 24.0 Å².